The van der Waals surface area contributed by atoms with Gasteiger partial charge in [0.1, 0.15) is 17.2 Å². The second-order valence-electron chi connectivity index (χ2n) is 7.45. The highest BCUT2D eigenvalue weighted by Gasteiger charge is 2.27. The molecule has 2 aromatic carbocycles. The molecule has 2 aromatic heterocycles. The van der Waals surface area contributed by atoms with E-state index in [0.717, 1.165) is 10.6 Å². The molecule has 4 aromatic rings. The van der Waals surface area contributed by atoms with Crippen LogP contribution in [0.2, 0.25) is 0 Å². The Morgan fingerprint density at radius 2 is 1.76 bits per heavy atom. The van der Waals surface area contributed by atoms with Crippen LogP contribution >= 0.6 is 11.3 Å². The van der Waals surface area contributed by atoms with E-state index in [1.807, 2.05) is 42.5 Å². The molecule has 8 heteroatoms. The summed E-state index contributed by atoms with van der Waals surface area (Å²) in [6.45, 7) is 0.980. The number of para-hydroxylation sites is 2. The number of nitrogens with one attached hydrogen (secondary N) is 1. The van der Waals surface area contributed by atoms with Gasteiger partial charge >= 0.3 is 0 Å². The molecule has 0 spiro atoms. The Morgan fingerprint density at radius 1 is 0.970 bits per heavy atom. The number of amides is 2. The maximum atomic E-state index is 13.3. The molecular formula is C25H20N4O3S. The predicted molar refractivity (Wildman–Crippen MR) is 126 cm³/mol. The average molecular weight is 457 g/mol. The van der Waals surface area contributed by atoms with E-state index in [-0.39, 0.29) is 11.8 Å². The van der Waals surface area contributed by atoms with Gasteiger partial charge in [-0.05, 0) is 36.4 Å². The number of anilines is 1. The molecule has 0 radical (unpaired) electrons. The number of aromatic nitrogens is 2. The molecule has 33 heavy (non-hydrogen) atoms. The highest BCUT2D eigenvalue weighted by atomic mass is 32.1. The SMILES string of the molecule is O=C(Nc1nc2c(s1)CN(C(=O)c1ccccc1Oc1ccccc1)CC2)c1ccccn1. The summed E-state index contributed by atoms with van der Waals surface area (Å²) in [6, 6.07) is 21.8. The van der Waals surface area contributed by atoms with E-state index in [2.05, 4.69) is 15.3 Å². The summed E-state index contributed by atoms with van der Waals surface area (Å²) in [5, 5.41) is 3.32. The van der Waals surface area contributed by atoms with Crippen molar-refractivity contribution in [3.63, 3.8) is 0 Å². The number of nitrogens with zero attached hydrogens (tertiary/aromatic N) is 3. The summed E-state index contributed by atoms with van der Waals surface area (Å²) >= 11 is 1.39. The minimum absolute atomic E-state index is 0.0975. The van der Waals surface area contributed by atoms with Gasteiger partial charge in [-0.1, -0.05) is 47.7 Å². The zero-order valence-corrected chi connectivity index (χ0v) is 18.4. The van der Waals surface area contributed by atoms with Crippen LogP contribution in [0.15, 0.2) is 79.0 Å². The number of hydrogen-bond donors (Lipinski definition) is 1. The van der Waals surface area contributed by atoms with Crippen LogP contribution < -0.4 is 10.1 Å². The molecule has 0 saturated carbocycles. The first-order valence-corrected chi connectivity index (χ1v) is 11.3. The van der Waals surface area contributed by atoms with Crippen molar-refractivity contribution in [3.8, 4) is 11.5 Å². The second kappa shape index (κ2) is 9.22. The Labute approximate surface area is 194 Å². The molecule has 1 aliphatic heterocycles. The Kier molecular flexibility index (Phi) is 5.82. The summed E-state index contributed by atoms with van der Waals surface area (Å²) in [7, 11) is 0. The number of benzene rings is 2. The molecule has 2 amide bonds. The van der Waals surface area contributed by atoms with E-state index in [1.54, 1.807) is 41.4 Å². The first-order valence-electron chi connectivity index (χ1n) is 10.5. The molecule has 3 heterocycles. The lowest BCUT2D eigenvalue weighted by molar-refractivity contribution is 0.0733. The average Bonchev–Trinajstić information content (AvgIpc) is 3.26. The van der Waals surface area contributed by atoms with Gasteiger partial charge in [-0.15, -0.1) is 0 Å². The number of thiazole rings is 1. The number of hydrogen-bond acceptors (Lipinski definition) is 6. The third kappa shape index (κ3) is 4.61. The summed E-state index contributed by atoms with van der Waals surface area (Å²) in [6.07, 6.45) is 2.20. The van der Waals surface area contributed by atoms with Crippen LogP contribution in [-0.4, -0.2) is 33.2 Å². The smallest absolute Gasteiger partial charge is 0.276 e. The van der Waals surface area contributed by atoms with Gasteiger partial charge < -0.3 is 9.64 Å². The van der Waals surface area contributed by atoms with Crippen molar-refractivity contribution >= 4 is 28.3 Å². The van der Waals surface area contributed by atoms with Gasteiger partial charge in [-0.3, -0.25) is 19.9 Å². The first-order chi connectivity index (χ1) is 16.2. The highest BCUT2D eigenvalue weighted by Crippen LogP contribution is 2.31. The molecule has 1 N–H and O–H groups in total. The quantitative estimate of drug-likeness (QED) is 0.467. The number of rotatable bonds is 5. The lowest BCUT2D eigenvalue weighted by Crippen LogP contribution is -2.35. The van der Waals surface area contributed by atoms with E-state index in [9.17, 15) is 9.59 Å². The van der Waals surface area contributed by atoms with E-state index < -0.39 is 0 Å². The monoisotopic (exact) mass is 456 g/mol. The Hall–Kier alpha value is -4.04. The van der Waals surface area contributed by atoms with Gasteiger partial charge in [0, 0.05) is 24.0 Å². The van der Waals surface area contributed by atoms with Gasteiger partial charge in [0.15, 0.2) is 5.13 Å². The van der Waals surface area contributed by atoms with E-state index >= 15 is 0 Å². The van der Waals surface area contributed by atoms with Crippen molar-refractivity contribution in [3.05, 3.63) is 101 Å². The molecule has 0 bridgehead atoms. The van der Waals surface area contributed by atoms with Crippen LogP contribution in [0.1, 0.15) is 31.4 Å². The predicted octanol–water partition coefficient (Wildman–Crippen LogP) is 4.78. The number of carbonyl (C=O) groups excluding carboxylic acids is 2. The fourth-order valence-electron chi connectivity index (χ4n) is 3.60. The van der Waals surface area contributed by atoms with Crippen molar-refractivity contribution in [2.24, 2.45) is 0 Å². The summed E-state index contributed by atoms with van der Waals surface area (Å²) in [4.78, 5) is 37.1. The van der Waals surface area contributed by atoms with E-state index in [0.29, 0.717) is 47.4 Å². The lowest BCUT2D eigenvalue weighted by Gasteiger charge is -2.26. The van der Waals surface area contributed by atoms with E-state index in [1.165, 1.54) is 11.3 Å². The summed E-state index contributed by atoms with van der Waals surface area (Å²) < 4.78 is 5.97. The second-order valence-corrected chi connectivity index (χ2v) is 8.53. The van der Waals surface area contributed by atoms with Crippen molar-refractivity contribution in [2.45, 2.75) is 13.0 Å². The van der Waals surface area contributed by atoms with Crippen molar-refractivity contribution in [1.82, 2.24) is 14.9 Å². The number of fused-ring (bicyclic) bond motifs is 1. The van der Waals surface area contributed by atoms with E-state index in [4.69, 9.17) is 4.74 Å². The standard InChI is InChI=1S/C25H20N4O3S/c30-23(20-11-6-7-14-26-20)28-25-27-19-13-15-29(16-22(19)33-25)24(31)18-10-4-5-12-21(18)32-17-8-2-1-3-9-17/h1-12,14H,13,15-16H2,(H,27,28,30). The van der Waals surface area contributed by atoms with Crippen molar-refractivity contribution in [2.75, 3.05) is 11.9 Å². The van der Waals surface area contributed by atoms with Gasteiger partial charge in [0.25, 0.3) is 11.8 Å². The van der Waals surface area contributed by atoms with Crippen molar-refractivity contribution in [1.29, 1.82) is 0 Å². The Balaban J connectivity index is 1.31. The molecule has 1 aliphatic rings. The Morgan fingerprint density at radius 3 is 2.58 bits per heavy atom. The lowest BCUT2D eigenvalue weighted by atomic mass is 10.1. The van der Waals surface area contributed by atoms with Gasteiger partial charge in [-0.25, -0.2) is 4.98 Å². The first kappa shape index (κ1) is 20.8. The number of ether oxygens (including phenoxy) is 1. The fraction of sp³-hybridized carbons (Fsp3) is 0.120. The van der Waals surface area contributed by atoms with Gasteiger partial charge in [0.2, 0.25) is 0 Å². The molecule has 7 nitrogen and oxygen atoms in total. The third-order valence-corrected chi connectivity index (χ3v) is 6.22. The molecular weight excluding hydrogens is 436 g/mol. The molecule has 164 valence electrons. The van der Waals surface area contributed by atoms with Crippen molar-refractivity contribution < 1.29 is 14.3 Å². The zero-order valence-electron chi connectivity index (χ0n) is 17.6. The largest absolute Gasteiger partial charge is 0.457 e. The summed E-state index contributed by atoms with van der Waals surface area (Å²) in [5.41, 5.74) is 1.75. The van der Waals surface area contributed by atoms with Crippen LogP contribution in [-0.2, 0) is 13.0 Å². The van der Waals surface area contributed by atoms with Gasteiger partial charge in [-0.2, -0.15) is 0 Å². The molecule has 5 rings (SSSR count). The maximum absolute atomic E-state index is 13.3. The third-order valence-electron chi connectivity index (χ3n) is 5.22. The maximum Gasteiger partial charge on any atom is 0.276 e. The molecule has 0 aliphatic carbocycles. The zero-order chi connectivity index (χ0) is 22.6. The molecule has 0 fully saturated rings. The minimum Gasteiger partial charge on any atom is -0.457 e. The van der Waals surface area contributed by atoms with Crippen LogP contribution in [0.25, 0.3) is 0 Å². The minimum atomic E-state index is -0.304. The topological polar surface area (TPSA) is 84.4 Å². The Bertz CT molecular complexity index is 1290. The molecule has 0 saturated heterocycles. The highest BCUT2D eigenvalue weighted by molar-refractivity contribution is 7.15. The summed E-state index contributed by atoms with van der Waals surface area (Å²) in [5.74, 6) is 0.794. The van der Waals surface area contributed by atoms with Crippen LogP contribution in [0.5, 0.6) is 11.5 Å². The molecule has 0 unspecified atom stereocenters. The van der Waals surface area contributed by atoms with Gasteiger partial charge in [0.05, 0.1) is 17.8 Å². The van der Waals surface area contributed by atoms with Crippen LogP contribution in [0.3, 0.4) is 0 Å². The normalized spacial score (nSPS) is 12.7. The van der Waals surface area contributed by atoms with Crippen LogP contribution in [0.4, 0.5) is 5.13 Å². The number of carbonyl (C=O) groups is 2. The molecule has 0 atom stereocenters. The van der Waals surface area contributed by atoms with Crippen LogP contribution in [0, 0.1) is 0 Å². The number of pyridine rings is 1. The fourth-order valence-corrected chi connectivity index (χ4v) is 4.62.